The summed E-state index contributed by atoms with van der Waals surface area (Å²) >= 11 is 0. The molecule has 2 heterocycles. The van der Waals surface area contributed by atoms with Crippen LogP contribution in [0, 0.1) is 0 Å². The van der Waals surface area contributed by atoms with E-state index >= 15 is 0 Å². The average molecular weight is 300 g/mol. The Labute approximate surface area is 126 Å². The van der Waals surface area contributed by atoms with E-state index in [-0.39, 0.29) is 18.5 Å². The Balaban J connectivity index is 1.88. The predicted octanol–water partition coefficient (Wildman–Crippen LogP) is 1.72. The van der Waals surface area contributed by atoms with Gasteiger partial charge in [-0.2, -0.15) is 4.98 Å². The lowest BCUT2D eigenvalue weighted by atomic mass is 10.1. The molecule has 1 atom stereocenters. The lowest BCUT2D eigenvalue weighted by Crippen LogP contribution is -2.37. The Bertz CT molecular complexity index is 789. The van der Waals surface area contributed by atoms with Crippen LogP contribution in [0.25, 0.3) is 22.3 Å². The molecule has 0 bridgehead atoms. The molecule has 3 rings (SSSR count). The Kier molecular flexibility index (Phi) is 3.88. The van der Waals surface area contributed by atoms with Crippen molar-refractivity contribution < 1.29 is 14.4 Å². The number of carbonyl (C=O) groups is 1. The molecule has 0 aliphatic carbocycles. The summed E-state index contributed by atoms with van der Waals surface area (Å²) in [5.74, 6) is -0.247. The first-order chi connectivity index (χ1) is 10.7. The average Bonchev–Trinajstić information content (AvgIpc) is 3.20. The highest BCUT2D eigenvalue weighted by Gasteiger charge is 2.19. The van der Waals surface area contributed by atoms with Gasteiger partial charge >= 0.3 is 11.8 Å². The molecule has 7 heteroatoms. The van der Waals surface area contributed by atoms with Gasteiger partial charge in [-0.25, -0.2) is 0 Å². The normalized spacial score (nSPS) is 12.5. The van der Waals surface area contributed by atoms with Crippen LogP contribution in [0.1, 0.15) is 24.0 Å². The zero-order valence-corrected chi connectivity index (χ0v) is 12.0. The number of carbonyl (C=O) groups excluding carboxylic acids is 1. The van der Waals surface area contributed by atoms with Gasteiger partial charge in [0.05, 0.1) is 12.6 Å². The first-order valence-electron chi connectivity index (χ1n) is 7.04. The van der Waals surface area contributed by atoms with Crippen LogP contribution < -0.4 is 5.32 Å². The van der Waals surface area contributed by atoms with Crippen molar-refractivity contribution in [1.29, 1.82) is 0 Å². The van der Waals surface area contributed by atoms with Crippen LogP contribution in [0.5, 0.6) is 0 Å². The fourth-order valence-electron chi connectivity index (χ4n) is 2.23. The van der Waals surface area contributed by atoms with E-state index < -0.39 is 5.91 Å². The number of benzene rings is 1. The van der Waals surface area contributed by atoms with Crippen LogP contribution in [-0.4, -0.2) is 38.8 Å². The summed E-state index contributed by atoms with van der Waals surface area (Å²) in [5, 5.41) is 16.6. The minimum Gasteiger partial charge on any atom is -0.394 e. The van der Waals surface area contributed by atoms with Crippen LogP contribution in [0.15, 0.2) is 35.0 Å². The maximum atomic E-state index is 12.0. The number of hydrogen-bond donors (Lipinski definition) is 3. The molecule has 7 nitrogen and oxygen atoms in total. The maximum absolute atomic E-state index is 12.0. The van der Waals surface area contributed by atoms with E-state index in [4.69, 9.17) is 9.63 Å². The van der Waals surface area contributed by atoms with Gasteiger partial charge in [0.25, 0.3) is 0 Å². The number of hydrogen-bond acceptors (Lipinski definition) is 5. The Morgan fingerprint density at radius 1 is 1.45 bits per heavy atom. The summed E-state index contributed by atoms with van der Waals surface area (Å²) in [7, 11) is 0. The third kappa shape index (κ3) is 2.58. The van der Waals surface area contributed by atoms with Gasteiger partial charge in [0.1, 0.15) is 0 Å². The van der Waals surface area contributed by atoms with Crippen molar-refractivity contribution in [1.82, 2.24) is 20.4 Å². The van der Waals surface area contributed by atoms with Gasteiger partial charge in [0.15, 0.2) is 0 Å². The highest BCUT2D eigenvalue weighted by molar-refractivity contribution is 5.94. The third-order valence-corrected chi connectivity index (χ3v) is 3.50. The molecule has 0 radical (unpaired) electrons. The van der Waals surface area contributed by atoms with Crippen molar-refractivity contribution >= 4 is 16.8 Å². The van der Waals surface area contributed by atoms with Gasteiger partial charge in [-0.15, -0.1) is 0 Å². The second kappa shape index (κ2) is 5.98. The van der Waals surface area contributed by atoms with E-state index in [2.05, 4.69) is 20.4 Å². The summed E-state index contributed by atoms with van der Waals surface area (Å²) in [6.45, 7) is 1.74. The van der Waals surface area contributed by atoms with E-state index in [0.29, 0.717) is 12.2 Å². The van der Waals surface area contributed by atoms with Crippen molar-refractivity contribution in [3.05, 3.63) is 36.4 Å². The number of aromatic nitrogens is 3. The van der Waals surface area contributed by atoms with Gasteiger partial charge in [0.2, 0.25) is 5.82 Å². The number of nitrogens with zero attached hydrogens (tertiary/aromatic N) is 2. The number of fused-ring (bicyclic) bond motifs is 1. The zero-order valence-electron chi connectivity index (χ0n) is 12.0. The molecule has 3 N–H and O–H groups in total. The molecular weight excluding hydrogens is 284 g/mol. The molecule has 0 unspecified atom stereocenters. The van der Waals surface area contributed by atoms with E-state index in [9.17, 15) is 4.79 Å². The lowest BCUT2D eigenvalue weighted by Gasteiger charge is -2.11. The second-order valence-electron chi connectivity index (χ2n) is 4.93. The van der Waals surface area contributed by atoms with E-state index in [1.807, 2.05) is 37.4 Å². The van der Waals surface area contributed by atoms with Crippen LogP contribution in [-0.2, 0) is 0 Å². The highest BCUT2D eigenvalue weighted by Crippen LogP contribution is 2.25. The molecule has 0 aliphatic heterocycles. The van der Waals surface area contributed by atoms with E-state index in [0.717, 1.165) is 16.5 Å². The Hall–Kier alpha value is -2.67. The fourth-order valence-corrected chi connectivity index (χ4v) is 2.23. The zero-order chi connectivity index (χ0) is 15.5. The number of H-pyrrole nitrogens is 1. The molecule has 2 aromatic heterocycles. The molecule has 3 aromatic rings. The van der Waals surface area contributed by atoms with Crippen LogP contribution in [0.3, 0.4) is 0 Å². The smallest absolute Gasteiger partial charge is 0.316 e. The van der Waals surface area contributed by atoms with Crippen LogP contribution in [0.4, 0.5) is 0 Å². The maximum Gasteiger partial charge on any atom is 0.316 e. The van der Waals surface area contributed by atoms with Crippen molar-refractivity contribution in [2.45, 2.75) is 19.4 Å². The van der Waals surface area contributed by atoms with Gasteiger partial charge in [-0.1, -0.05) is 24.2 Å². The molecule has 114 valence electrons. The number of aliphatic hydroxyl groups excluding tert-OH is 1. The SMILES string of the molecule is CC[C@@H](CO)NC(=O)c1nc(-c2cccc3[nH]ccc23)no1. The Morgan fingerprint density at radius 2 is 2.32 bits per heavy atom. The molecule has 0 fully saturated rings. The van der Waals surface area contributed by atoms with Gasteiger partial charge in [-0.05, 0) is 18.6 Å². The van der Waals surface area contributed by atoms with Gasteiger partial charge in [-0.3, -0.25) is 4.79 Å². The molecular formula is C15H16N4O3. The monoisotopic (exact) mass is 300 g/mol. The second-order valence-corrected chi connectivity index (χ2v) is 4.93. The quantitative estimate of drug-likeness (QED) is 0.665. The largest absolute Gasteiger partial charge is 0.394 e. The standard InChI is InChI=1S/C15H16N4O3/c1-2-9(8-20)17-14(21)15-18-13(19-22-15)11-4-3-5-12-10(11)6-7-16-12/h3-7,9,16,20H,2,8H2,1H3,(H,17,21)/t9-/m0/s1. The molecule has 0 saturated carbocycles. The van der Waals surface area contributed by atoms with Crippen molar-refractivity contribution in [2.24, 2.45) is 0 Å². The third-order valence-electron chi connectivity index (χ3n) is 3.50. The van der Waals surface area contributed by atoms with Gasteiger partial charge in [0, 0.05) is 22.7 Å². The van der Waals surface area contributed by atoms with E-state index in [1.54, 1.807) is 0 Å². The minimum atomic E-state index is -0.485. The summed E-state index contributed by atoms with van der Waals surface area (Å²) < 4.78 is 5.03. The fraction of sp³-hybridized carbons (Fsp3) is 0.267. The summed E-state index contributed by atoms with van der Waals surface area (Å²) in [5.41, 5.74) is 1.75. The number of aliphatic hydroxyl groups is 1. The number of amides is 1. The summed E-state index contributed by atoms with van der Waals surface area (Å²) in [4.78, 5) is 19.3. The van der Waals surface area contributed by atoms with Gasteiger partial charge < -0.3 is 19.9 Å². The highest BCUT2D eigenvalue weighted by atomic mass is 16.5. The summed E-state index contributed by atoms with van der Waals surface area (Å²) in [6.07, 6.45) is 2.45. The van der Waals surface area contributed by atoms with Crippen molar-refractivity contribution in [3.8, 4) is 11.4 Å². The van der Waals surface area contributed by atoms with E-state index in [1.165, 1.54) is 0 Å². The topological polar surface area (TPSA) is 104 Å². The number of nitrogens with one attached hydrogen (secondary N) is 2. The Morgan fingerprint density at radius 3 is 3.09 bits per heavy atom. The van der Waals surface area contributed by atoms with Crippen molar-refractivity contribution in [2.75, 3.05) is 6.61 Å². The lowest BCUT2D eigenvalue weighted by molar-refractivity contribution is 0.0870. The molecule has 1 amide bonds. The van der Waals surface area contributed by atoms with Crippen molar-refractivity contribution in [3.63, 3.8) is 0 Å². The summed E-state index contributed by atoms with van der Waals surface area (Å²) in [6, 6.07) is 7.28. The molecule has 22 heavy (non-hydrogen) atoms. The number of aromatic amines is 1. The predicted molar refractivity (Wildman–Crippen MR) is 80.2 cm³/mol. The first kappa shape index (κ1) is 14.3. The molecule has 0 aliphatic rings. The molecule has 0 spiro atoms. The minimum absolute atomic E-state index is 0.116. The molecule has 0 saturated heterocycles. The van der Waals surface area contributed by atoms with Crippen LogP contribution >= 0.6 is 0 Å². The first-order valence-corrected chi connectivity index (χ1v) is 7.04. The van der Waals surface area contributed by atoms with Crippen LogP contribution in [0.2, 0.25) is 0 Å². The molecule has 1 aromatic carbocycles. The number of rotatable bonds is 5.